The van der Waals surface area contributed by atoms with Crippen molar-refractivity contribution < 1.29 is 9.53 Å². The van der Waals surface area contributed by atoms with Gasteiger partial charge in [0.1, 0.15) is 0 Å². The van der Waals surface area contributed by atoms with Gasteiger partial charge in [0.15, 0.2) is 0 Å². The summed E-state index contributed by atoms with van der Waals surface area (Å²) in [6.07, 6.45) is 0. The number of ether oxygens (including phenoxy) is 1. The number of hydrogen-bond donors (Lipinski definition) is 0. The van der Waals surface area contributed by atoms with Crippen molar-refractivity contribution in [3.8, 4) is 0 Å². The molecule has 1 saturated heterocycles. The van der Waals surface area contributed by atoms with Crippen LogP contribution in [0.2, 0.25) is 0 Å². The summed E-state index contributed by atoms with van der Waals surface area (Å²) in [7, 11) is 1.71. The van der Waals surface area contributed by atoms with E-state index >= 15 is 0 Å². The van der Waals surface area contributed by atoms with E-state index in [1.54, 1.807) is 19.2 Å². The molecule has 1 aliphatic heterocycles. The first kappa shape index (κ1) is 13.1. The zero-order valence-electron chi connectivity index (χ0n) is 10.8. The topological polar surface area (TPSA) is 32.8 Å². The maximum absolute atomic E-state index is 12.2. The number of piperazine rings is 1. The molecule has 4 heteroatoms. The fourth-order valence-corrected chi connectivity index (χ4v) is 2.11. The molecule has 0 atom stereocenters. The lowest BCUT2D eigenvalue weighted by atomic mass is 10.2. The second-order valence-electron chi connectivity index (χ2n) is 4.42. The molecule has 2 rings (SSSR count). The number of hydrogen-bond acceptors (Lipinski definition) is 3. The van der Waals surface area contributed by atoms with Crippen LogP contribution in [0.4, 0.5) is 0 Å². The molecule has 1 aromatic carbocycles. The Bertz CT molecular complexity index is 373. The van der Waals surface area contributed by atoms with Gasteiger partial charge in [-0.2, -0.15) is 0 Å². The van der Waals surface area contributed by atoms with E-state index in [-0.39, 0.29) is 5.91 Å². The van der Waals surface area contributed by atoms with Crippen molar-refractivity contribution in [3.63, 3.8) is 0 Å². The highest BCUT2D eigenvalue weighted by Crippen LogP contribution is 2.08. The first-order valence-electron chi connectivity index (χ1n) is 6.28. The molecule has 97 valence electrons. The summed E-state index contributed by atoms with van der Waals surface area (Å²) in [5.74, 6) is 0.121. The van der Waals surface area contributed by atoms with Gasteiger partial charge in [-0.05, 0) is 18.2 Å². The van der Waals surface area contributed by atoms with Crippen LogP contribution in [-0.2, 0) is 4.74 Å². The van der Waals surface area contributed by atoms with Crippen LogP contribution in [0.3, 0.4) is 0 Å². The van der Waals surface area contributed by atoms with E-state index in [2.05, 4.69) is 11.0 Å². The molecule has 1 radical (unpaired) electrons. The van der Waals surface area contributed by atoms with Gasteiger partial charge in [-0.25, -0.2) is 0 Å². The summed E-state index contributed by atoms with van der Waals surface area (Å²) in [5, 5.41) is 0. The molecule has 0 unspecified atom stereocenters. The number of methoxy groups -OCH3 is 1. The van der Waals surface area contributed by atoms with Gasteiger partial charge in [0.2, 0.25) is 0 Å². The monoisotopic (exact) mass is 247 g/mol. The van der Waals surface area contributed by atoms with Gasteiger partial charge >= 0.3 is 0 Å². The standard InChI is InChI=1S/C14H19N2O2/c1-18-12-11-15-7-9-16(10-8-15)14(17)13-5-3-2-4-6-13/h3-6H,7-12H2,1H3. The smallest absolute Gasteiger partial charge is 0.253 e. The van der Waals surface area contributed by atoms with E-state index in [9.17, 15) is 4.79 Å². The molecule has 4 nitrogen and oxygen atoms in total. The number of carbonyl (C=O) groups excluding carboxylic acids is 1. The van der Waals surface area contributed by atoms with Crippen LogP contribution < -0.4 is 0 Å². The van der Waals surface area contributed by atoms with Crippen molar-refractivity contribution in [1.29, 1.82) is 0 Å². The average molecular weight is 247 g/mol. The molecule has 1 aromatic rings. The minimum absolute atomic E-state index is 0.121. The average Bonchev–Trinajstić information content (AvgIpc) is 2.46. The summed E-state index contributed by atoms with van der Waals surface area (Å²) in [4.78, 5) is 16.4. The second-order valence-corrected chi connectivity index (χ2v) is 4.42. The molecule has 1 amide bonds. The van der Waals surface area contributed by atoms with E-state index in [4.69, 9.17) is 4.74 Å². The Morgan fingerprint density at radius 2 is 1.94 bits per heavy atom. The van der Waals surface area contributed by atoms with Gasteiger partial charge in [0, 0.05) is 45.4 Å². The summed E-state index contributed by atoms with van der Waals surface area (Å²) in [6.45, 7) is 5.13. The third-order valence-electron chi connectivity index (χ3n) is 3.24. The van der Waals surface area contributed by atoms with Crippen molar-refractivity contribution in [2.45, 2.75) is 0 Å². The van der Waals surface area contributed by atoms with Gasteiger partial charge in [-0.1, -0.05) is 12.1 Å². The van der Waals surface area contributed by atoms with Gasteiger partial charge in [0.25, 0.3) is 5.91 Å². The predicted molar refractivity (Wildman–Crippen MR) is 69.5 cm³/mol. The van der Waals surface area contributed by atoms with Gasteiger partial charge in [0.05, 0.1) is 6.61 Å². The molecule has 0 saturated carbocycles. The highest BCUT2D eigenvalue weighted by atomic mass is 16.5. The molecule has 0 bridgehead atoms. The van der Waals surface area contributed by atoms with Crippen LogP contribution in [0.25, 0.3) is 0 Å². The zero-order valence-corrected chi connectivity index (χ0v) is 10.8. The van der Waals surface area contributed by atoms with E-state index in [1.165, 1.54) is 0 Å². The molecular weight excluding hydrogens is 228 g/mol. The Hall–Kier alpha value is -1.39. The highest BCUT2D eigenvalue weighted by Gasteiger charge is 2.21. The quantitative estimate of drug-likeness (QED) is 0.792. The maximum atomic E-state index is 12.2. The molecule has 1 heterocycles. The normalized spacial score (nSPS) is 16.8. The SMILES string of the molecule is COCCN1CCN(C(=O)c2cc[c]cc2)CC1. The predicted octanol–water partition coefficient (Wildman–Crippen LogP) is 0.891. The lowest BCUT2D eigenvalue weighted by Crippen LogP contribution is -2.49. The minimum atomic E-state index is 0.121. The van der Waals surface area contributed by atoms with Crippen molar-refractivity contribution in [1.82, 2.24) is 9.80 Å². The van der Waals surface area contributed by atoms with Crippen LogP contribution in [0, 0.1) is 6.07 Å². The Labute approximate surface area is 108 Å². The van der Waals surface area contributed by atoms with Crippen molar-refractivity contribution >= 4 is 5.91 Å². The fraction of sp³-hybridized carbons (Fsp3) is 0.500. The fourth-order valence-electron chi connectivity index (χ4n) is 2.11. The van der Waals surface area contributed by atoms with Crippen LogP contribution >= 0.6 is 0 Å². The van der Waals surface area contributed by atoms with Gasteiger partial charge < -0.3 is 9.64 Å². The summed E-state index contributed by atoms with van der Waals surface area (Å²) in [5.41, 5.74) is 0.749. The Morgan fingerprint density at radius 3 is 2.56 bits per heavy atom. The number of carbonyl (C=O) groups is 1. The Kier molecular flexibility index (Phi) is 4.73. The van der Waals surface area contributed by atoms with Crippen LogP contribution in [0.15, 0.2) is 24.3 Å². The maximum Gasteiger partial charge on any atom is 0.253 e. The van der Waals surface area contributed by atoms with Crippen molar-refractivity contribution in [2.24, 2.45) is 0 Å². The summed E-state index contributed by atoms with van der Waals surface area (Å²) in [6, 6.07) is 10.1. The van der Waals surface area contributed by atoms with Gasteiger partial charge in [-0.15, -0.1) is 0 Å². The second kappa shape index (κ2) is 6.52. The van der Waals surface area contributed by atoms with Crippen LogP contribution in [0.5, 0.6) is 0 Å². The lowest BCUT2D eigenvalue weighted by molar-refractivity contribution is 0.0594. The van der Waals surface area contributed by atoms with Crippen molar-refractivity contribution in [3.05, 3.63) is 35.9 Å². The third-order valence-corrected chi connectivity index (χ3v) is 3.24. The number of benzene rings is 1. The van der Waals surface area contributed by atoms with Crippen LogP contribution in [-0.4, -0.2) is 62.1 Å². The van der Waals surface area contributed by atoms with E-state index in [0.717, 1.165) is 44.9 Å². The number of nitrogens with zero attached hydrogens (tertiary/aromatic N) is 2. The minimum Gasteiger partial charge on any atom is -0.383 e. The Balaban J connectivity index is 1.84. The molecule has 0 aromatic heterocycles. The third kappa shape index (κ3) is 3.31. The molecule has 0 spiro atoms. The first-order valence-corrected chi connectivity index (χ1v) is 6.28. The molecule has 1 aliphatic rings. The lowest BCUT2D eigenvalue weighted by Gasteiger charge is -2.34. The molecule has 18 heavy (non-hydrogen) atoms. The van der Waals surface area contributed by atoms with Crippen molar-refractivity contribution in [2.75, 3.05) is 46.4 Å². The first-order chi connectivity index (χ1) is 8.81. The van der Waals surface area contributed by atoms with Gasteiger partial charge in [-0.3, -0.25) is 9.69 Å². The number of rotatable bonds is 4. The molecule has 1 fully saturated rings. The molecular formula is C14H19N2O2. The highest BCUT2D eigenvalue weighted by molar-refractivity contribution is 5.94. The summed E-state index contributed by atoms with van der Waals surface area (Å²) >= 11 is 0. The number of amides is 1. The largest absolute Gasteiger partial charge is 0.383 e. The van der Waals surface area contributed by atoms with E-state index < -0.39 is 0 Å². The molecule has 0 N–H and O–H groups in total. The van der Waals surface area contributed by atoms with Crippen LogP contribution in [0.1, 0.15) is 10.4 Å². The zero-order chi connectivity index (χ0) is 12.8. The Morgan fingerprint density at radius 1 is 1.28 bits per heavy atom. The van der Waals surface area contributed by atoms with E-state index in [1.807, 2.05) is 17.0 Å². The molecule has 0 aliphatic carbocycles. The van der Waals surface area contributed by atoms with E-state index in [0.29, 0.717) is 0 Å². The summed E-state index contributed by atoms with van der Waals surface area (Å²) < 4.78 is 5.06.